The van der Waals surface area contributed by atoms with Crippen molar-refractivity contribution in [2.45, 2.75) is 32.8 Å². The van der Waals surface area contributed by atoms with Crippen LogP contribution in [0.15, 0.2) is 97.2 Å². The fourth-order valence-electron chi connectivity index (χ4n) is 4.78. The Bertz CT molecular complexity index is 1470. The summed E-state index contributed by atoms with van der Waals surface area (Å²) in [5, 5.41) is 2.99. The molecule has 41 heavy (non-hydrogen) atoms. The maximum atomic E-state index is 12.8. The molecule has 1 aromatic heterocycles. The normalized spacial score (nSPS) is 13.5. The van der Waals surface area contributed by atoms with E-state index in [0.717, 1.165) is 48.9 Å². The predicted octanol–water partition coefficient (Wildman–Crippen LogP) is 6.32. The van der Waals surface area contributed by atoms with Gasteiger partial charge in [0, 0.05) is 43.8 Å². The van der Waals surface area contributed by atoms with E-state index in [9.17, 15) is 9.59 Å². The number of hydrogen-bond donors (Lipinski definition) is 1. The highest BCUT2D eigenvalue weighted by molar-refractivity contribution is 6.04. The number of aromatic nitrogens is 1. The number of ether oxygens (including phenoxy) is 1. The SMILES string of the molecule is CC(C)(C)c1cccc(NC(=O)c2ccc(N3CCN(c4ccc(C(=O)OCc5ccccc5)cc4)CC3)nc2)c1. The van der Waals surface area contributed by atoms with Crippen molar-refractivity contribution in [1.29, 1.82) is 0 Å². The van der Waals surface area contributed by atoms with E-state index in [0.29, 0.717) is 11.1 Å². The van der Waals surface area contributed by atoms with Crippen molar-refractivity contribution in [2.75, 3.05) is 41.3 Å². The van der Waals surface area contributed by atoms with Crippen LogP contribution < -0.4 is 15.1 Å². The summed E-state index contributed by atoms with van der Waals surface area (Å²) >= 11 is 0. The second-order valence-electron chi connectivity index (χ2n) is 11.3. The minimum Gasteiger partial charge on any atom is -0.457 e. The second kappa shape index (κ2) is 12.3. The molecule has 0 atom stereocenters. The predicted molar refractivity (Wildman–Crippen MR) is 164 cm³/mol. The molecule has 2 heterocycles. The van der Waals surface area contributed by atoms with Crippen LogP contribution in [0.2, 0.25) is 0 Å². The molecule has 1 N–H and O–H groups in total. The van der Waals surface area contributed by atoms with Gasteiger partial charge in [-0.2, -0.15) is 0 Å². The van der Waals surface area contributed by atoms with E-state index in [-0.39, 0.29) is 23.9 Å². The number of hydrogen-bond acceptors (Lipinski definition) is 6. The monoisotopic (exact) mass is 548 g/mol. The molecule has 1 fully saturated rings. The van der Waals surface area contributed by atoms with E-state index < -0.39 is 0 Å². The minimum absolute atomic E-state index is 0.00799. The molecule has 1 amide bonds. The Morgan fingerprint density at radius 2 is 1.49 bits per heavy atom. The molecular weight excluding hydrogens is 512 g/mol. The molecule has 7 heteroatoms. The zero-order valence-electron chi connectivity index (χ0n) is 23.8. The number of nitrogens with zero attached hydrogens (tertiary/aromatic N) is 3. The lowest BCUT2D eigenvalue weighted by Crippen LogP contribution is -2.46. The van der Waals surface area contributed by atoms with Crippen LogP contribution in [0.3, 0.4) is 0 Å². The van der Waals surface area contributed by atoms with Crippen molar-refractivity contribution in [3.05, 3.63) is 119 Å². The summed E-state index contributed by atoms with van der Waals surface area (Å²) in [6, 6.07) is 28.9. The molecule has 0 aliphatic carbocycles. The fraction of sp³-hybridized carbons (Fsp3) is 0.265. The number of carbonyl (C=O) groups excluding carboxylic acids is 2. The molecule has 0 radical (unpaired) electrons. The van der Waals surface area contributed by atoms with Crippen molar-refractivity contribution >= 4 is 29.1 Å². The van der Waals surface area contributed by atoms with E-state index >= 15 is 0 Å². The molecule has 4 aromatic rings. The van der Waals surface area contributed by atoms with Crippen LogP contribution in [0.4, 0.5) is 17.2 Å². The lowest BCUT2D eigenvalue weighted by atomic mass is 9.87. The van der Waals surface area contributed by atoms with Crippen molar-refractivity contribution in [3.8, 4) is 0 Å². The molecule has 5 rings (SSSR count). The zero-order valence-corrected chi connectivity index (χ0v) is 23.8. The van der Waals surface area contributed by atoms with Gasteiger partial charge in [0.15, 0.2) is 0 Å². The Morgan fingerprint density at radius 1 is 0.805 bits per heavy atom. The highest BCUT2D eigenvalue weighted by Gasteiger charge is 2.20. The van der Waals surface area contributed by atoms with Gasteiger partial charge in [0.1, 0.15) is 12.4 Å². The lowest BCUT2D eigenvalue weighted by molar-refractivity contribution is 0.0472. The Hall–Kier alpha value is -4.65. The summed E-state index contributed by atoms with van der Waals surface area (Å²) in [6.07, 6.45) is 1.64. The number of carbonyl (C=O) groups is 2. The van der Waals surface area contributed by atoms with Crippen LogP contribution in [-0.4, -0.2) is 43.0 Å². The average Bonchev–Trinajstić information content (AvgIpc) is 3.00. The molecule has 0 spiro atoms. The second-order valence-corrected chi connectivity index (χ2v) is 11.3. The Morgan fingerprint density at radius 3 is 2.15 bits per heavy atom. The standard InChI is InChI=1S/C34H36N4O3/c1-34(2,3)28-10-7-11-29(22-28)36-32(39)27-14-17-31(35-23-27)38-20-18-37(19-21-38)30-15-12-26(13-16-30)33(40)41-24-25-8-5-4-6-9-25/h4-17,22-23H,18-21,24H2,1-3H3,(H,36,39). The average molecular weight is 549 g/mol. The maximum Gasteiger partial charge on any atom is 0.338 e. The van der Waals surface area contributed by atoms with Gasteiger partial charge in [0.05, 0.1) is 11.1 Å². The first-order chi connectivity index (χ1) is 19.8. The Kier molecular flexibility index (Phi) is 8.34. The lowest BCUT2D eigenvalue weighted by Gasteiger charge is -2.36. The third-order valence-corrected chi connectivity index (χ3v) is 7.28. The number of nitrogens with one attached hydrogen (secondary N) is 1. The number of piperazine rings is 1. The number of amides is 1. The van der Waals surface area contributed by atoms with Crippen molar-refractivity contribution in [1.82, 2.24) is 4.98 Å². The molecule has 210 valence electrons. The van der Waals surface area contributed by atoms with Gasteiger partial charge in [-0.15, -0.1) is 0 Å². The zero-order chi connectivity index (χ0) is 28.8. The van der Waals surface area contributed by atoms with E-state index in [1.807, 2.05) is 84.9 Å². The summed E-state index contributed by atoms with van der Waals surface area (Å²) in [5.74, 6) is 0.353. The summed E-state index contributed by atoms with van der Waals surface area (Å²) in [7, 11) is 0. The molecule has 1 aliphatic rings. The van der Waals surface area contributed by atoms with Gasteiger partial charge in [-0.05, 0) is 65.1 Å². The van der Waals surface area contributed by atoms with Crippen LogP contribution >= 0.6 is 0 Å². The Balaban J connectivity index is 1.12. The highest BCUT2D eigenvalue weighted by Crippen LogP contribution is 2.25. The number of pyridine rings is 1. The molecule has 0 unspecified atom stereocenters. The molecule has 0 bridgehead atoms. The summed E-state index contributed by atoms with van der Waals surface area (Å²) in [6.45, 7) is 9.97. The number of esters is 1. The van der Waals surface area contributed by atoms with Gasteiger partial charge in [0.2, 0.25) is 0 Å². The molecular formula is C34H36N4O3. The minimum atomic E-state index is -0.327. The summed E-state index contributed by atoms with van der Waals surface area (Å²) in [5.41, 5.74) is 5.05. The molecule has 3 aromatic carbocycles. The number of rotatable bonds is 7. The smallest absolute Gasteiger partial charge is 0.338 e. The molecule has 1 aliphatic heterocycles. The van der Waals surface area contributed by atoms with E-state index in [1.54, 1.807) is 6.20 Å². The summed E-state index contributed by atoms with van der Waals surface area (Å²) in [4.78, 5) is 34.4. The van der Waals surface area contributed by atoms with E-state index in [4.69, 9.17) is 4.74 Å². The van der Waals surface area contributed by atoms with Crippen molar-refractivity contribution in [3.63, 3.8) is 0 Å². The van der Waals surface area contributed by atoms with E-state index in [2.05, 4.69) is 46.9 Å². The van der Waals surface area contributed by atoms with Crippen LogP contribution in [0.1, 0.15) is 52.6 Å². The molecule has 0 saturated carbocycles. The van der Waals surface area contributed by atoms with Crippen molar-refractivity contribution < 1.29 is 14.3 Å². The topological polar surface area (TPSA) is 74.8 Å². The highest BCUT2D eigenvalue weighted by atomic mass is 16.5. The number of benzene rings is 3. The van der Waals surface area contributed by atoms with Gasteiger partial charge in [0.25, 0.3) is 5.91 Å². The quantitative estimate of drug-likeness (QED) is 0.273. The van der Waals surface area contributed by atoms with Gasteiger partial charge in [-0.3, -0.25) is 4.79 Å². The van der Waals surface area contributed by atoms with Crippen LogP contribution in [-0.2, 0) is 16.8 Å². The van der Waals surface area contributed by atoms with Gasteiger partial charge in [-0.25, -0.2) is 9.78 Å². The first-order valence-electron chi connectivity index (χ1n) is 14.0. The fourth-order valence-corrected chi connectivity index (χ4v) is 4.78. The van der Waals surface area contributed by atoms with Crippen LogP contribution in [0.5, 0.6) is 0 Å². The number of anilines is 3. The van der Waals surface area contributed by atoms with Crippen molar-refractivity contribution in [2.24, 2.45) is 0 Å². The first kappa shape index (κ1) is 27.9. The molecule has 1 saturated heterocycles. The first-order valence-corrected chi connectivity index (χ1v) is 14.0. The summed E-state index contributed by atoms with van der Waals surface area (Å²) < 4.78 is 5.44. The van der Waals surface area contributed by atoms with Crippen LogP contribution in [0, 0.1) is 0 Å². The largest absolute Gasteiger partial charge is 0.457 e. The van der Waals surface area contributed by atoms with Crippen LogP contribution in [0.25, 0.3) is 0 Å². The van der Waals surface area contributed by atoms with E-state index in [1.165, 1.54) is 5.56 Å². The maximum absolute atomic E-state index is 12.8. The van der Waals surface area contributed by atoms with Gasteiger partial charge < -0.3 is 19.9 Å². The van der Waals surface area contributed by atoms with Gasteiger partial charge >= 0.3 is 5.97 Å². The third-order valence-electron chi connectivity index (χ3n) is 7.28. The molecule has 7 nitrogen and oxygen atoms in total. The van der Waals surface area contributed by atoms with Gasteiger partial charge in [-0.1, -0.05) is 63.2 Å². The Labute approximate surface area is 241 Å². The third kappa shape index (κ3) is 7.11.